The van der Waals surface area contributed by atoms with Gasteiger partial charge < -0.3 is 4.74 Å². The van der Waals surface area contributed by atoms with Gasteiger partial charge in [0.05, 0.1) is 16.7 Å². The van der Waals surface area contributed by atoms with E-state index < -0.39 is 0 Å². The van der Waals surface area contributed by atoms with Crippen LogP contribution in [0.25, 0.3) is 16.8 Å². The molecule has 29 heavy (non-hydrogen) atoms. The molecule has 0 aliphatic carbocycles. The Labute approximate surface area is 180 Å². The van der Waals surface area contributed by atoms with Crippen molar-refractivity contribution in [2.75, 3.05) is 4.90 Å². The van der Waals surface area contributed by atoms with Crippen LogP contribution >= 0.6 is 24.0 Å². The molecule has 0 N–H and O–H groups in total. The molecule has 146 valence electrons. The quantitative estimate of drug-likeness (QED) is 0.352. The number of thiocarbonyl (C=S) groups is 1. The van der Waals surface area contributed by atoms with Gasteiger partial charge in [0.1, 0.15) is 5.75 Å². The largest absolute Gasteiger partial charge is 0.490 e. The van der Waals surface area contributed by atoms with E-state index in [0.717, 1.165) is 34.2 Å². The molecule has 0 unspecified atom stereocenters. The molecular formula is C24H21NO2S2. The standard InChI is InChI=1S/C24H21NO2S2/c1-3-16(2)27-21-14-7-5-10-18(21)15-22-23(26)25(24(28)29-22)20-13-8-11-17-9-4-6-12-19(17)20/h4-16H,3H2,1-2H3/b22-15-/t16-/m1/s1. The maximum atomic E-state index is 13.3. The van der Waals surface area contributed by atoms with Crippen molar-refractivity contribution in [2.24, 2.45) is 0 Å². The first-order valence-corrected chi connectivity index (χ1v) is 10.8. The molecule has 1 atom stereocenters. The number of nitrogens with zero attached hydrogens (tertiary/aromatic N) is 1. The summed E-state index contributed by atoms with van der Waals surface area (Å²) in [6, 6.07) is 21.7. The number of rotatable bonds is 5. The minimum absolute atomic E-state index is 0.102. The first kappa shape index (κ1) is 19.7. The van der Waals surface area contributed by atoms with E-state index >= 15 is 0 Å². The summed E-state index contributed by atoms with van der Waals surface area (Å²) in [5.41, 5.74) is 1.70. The van der Waals surface area contributed by atoms with Gasteiger partial charge in [0.15, 0.2) is 4.32 Å². The molecule has 4 rings (SSSR count). The van der Waals surface area contributed by atoms with Crippen molar-refractivity contribution in [3.63, 3.8) is 0 Å². The van der Waals surface area contributed by atoms with E-state index in [9.17, 15) is 4.79 Å². The zero-order valence-corrected chi connectivity index (χ0v) is 17.9. The number of ether oxygens (including phenoxy) is 1. The van der Waals surface area contributed by atoms with Crippen molar-refractivity contribution in [2.45, 2.75) is 26.4 Å². The van der Waals surface area contributed by atoms with Crippen LogP contribution in [0.3, 0.4) is 0 Å². The summed E-state index contributed by atoms with van der Waals surface area (Å²) in [5.74, 6) is 0.673. The van der Waals surface area contributed by atoms with Crippen LogP contribution in [-0.4, -0.2) is 16.3 Å². The zero-order valence-electron chi connectivity index (χ0n) is 16.3. The van der Waals surface area contributed by atoms with Gasteiger partial charge in [-0.25, -0.2) is 0 Å². The average molecular weight is 420 g/mol. The second-order valence-corrected chi connectivity index (χ2v) is 8.57. The van der Waals surface area contributed by atoms with Crippen LogP contribution in [0.4, 0.5) is 5.69 Å². The van der Waals surface area contributed by atoms with Crippen LogP contribution in [0, 0.1) is 0 Å². The van der Waals surface area contributed by atoms with Crippen LogP contribution in [0.1, 0.15) is 25.8 Å². The Bertz CT molecular complexity index is 1120. The van der Waals surface area contributed by atoms with Gasteiger partial charge in [-0.1, -0.05) is 85.5 Å². The van der Waals surface area contributed by atoms with Gasteiger partial charge in [-0.2, -0.15) is 0 Å². The molecule has 0 radical (unpaired) electrons. The molecule has 3 aromatic carbocycles. The highest BCUT2D eigenvalue weighted by atomic mass is 32.2. The van der Waals surface area contributed by atoms with Crippen molar-refractivity contribution in [3.05, 3.63) is 77.2 Å². The summed E-state index contributed by atoms with van der Waals surface area (Å²) in [6.07, 6.45) is 2.90. The van der Waals surface area contributed by atoms with Crippen LogP contribution < -0.4 is 9.64 Å². The number of anilines is 1. The van der Waals surface area contributed by atoms with E-state index in [0.29, 0.717) is 9.23 Å². The maximum Gasteiger partial charge on any atom is 0.270 e. The molecule has 1 aliphatic rings. The van der Waals surface area contributed by atoms with Gasteiger partial charge in [0, 0.05) is 10.9 Å². The summed E-state index contributed by atoms with van der Waals surface area (Å²) in [6.45, 7) is 4.12. The molecule has 0 spiro atoms. The SMILES string of the molecule is CC[C@@H](C)Oc1ccccc1/C=C1\SC(=S)N(c2cccc3ccccc23)C1=O. The Hall–Kier alpha value is -2.63. The molecule has 1 aliphatic heterocycles. The number of fused-ring (bicyclic) bond motifs is 1. The van der Waals surface area contributed by atoms with E-state index in [-0.39, 0.29) is 12.0 Å². The number of carbonyl (C=O) groups excluding carboxylic acids is 1. The predicted octanol–water partition coefficient (Wildman–Crippen LogP) is 6.42. The summed E-state index contributed by atoms with van der Waals surface area (Å²) in [7, 11) is 0. The smallest absolute Gasteiger partial charge is 0.270 e. The van der Waals surface area contributed by atoms with Crippen molar-refractivity contribution in [3.8, 4) is 5.75 Å². The highest BCUT2D eigenvalue weighted by Crippen LogP contribution is 2.39. The minimum atomic E-state index is -0.102. The molecule has 1 heterocycles. The third kappa shape index (κ3) is 3.93. The lowest BCUT2D eigenvalue weighted by atomic mass is 10.1. The van der Waals surface area contributed by atoms with Crippen molar-refractivity contribution < 1.29 is 9.53 Å². The number of carbonyl (C=O) groups is 1. The molecule has 1 saturated heterocycles. The number of benzene rings is 3. The fourth-order valence-electron chi connectivity index (χ4n) is 3.23. The van der Waals surface area contributed by atoms with E-state index in [1.54, 1.807) is 4.90 Å². The van der Waals surface area contributed by atoms with Gasteiger partial charge in [-0.3, -0.25) is 9.69 Å². The molecule has 3 nitrogen and oxygen atoms in total. The van der Waals surface area contributed by atoms with Crippen LogP contribution in [0.2, 0.25) is 0 Å². The van der Waals surface area contributed by atoms with Crippen LogP contribution in [-0.2, 0) is 4.79 Å². The van der Waals surface area contributed by atoms with E-state index in [2.05, 4.69) is 6.92 Å². The molecular weight excluding hydrogens is 398 g/mol. The first-order valence-electron chi connectivity index (χ1n) is 9.60. The summed E-state index contributed by atoms with van der Waals surface area (Å²) in [5, 5.41) is 2.09. The van der Waals surface area contributed by atoms with Gasteiger partial charge in [0.2, 0.25) is 0 Å². The highest BCUT2D eigenvalue weighted by molar-refractivity contribution is 8.27. The number of hydrogen-bond acceptors (Lipinski definition) is 4. The van der Waals surface area contributed by atoms with Gasteiger partial charge in [-0.05, 0) is 36.9 Å². The van der Waals surface area contributed by atoms with Crippen LogP contribution in [0.5, 0.6) is 5.75 Å². The Balaban J connectivity index is 1.71. The zero-order chi connectivity index (χ0) is 20.4. The lowest BCUT2D eigenvalue weighted by molar-refractivity contribution is -0.113. The van der Waals surface area contributed by atoms with Crippen molar-refractivity contribution in [1.29, 1.82) is 0 Å². The average Bonchev–Trinajstić information content (AvgIpc) is 3.01. The number of thioether (sulfide) groups is 1. The Morgan fingerprint density at radius 3 is 2.62 bits per heavy atom. The molecule has 3 aromatic rings. The normalized spacial score (nSPS) is 16.6. The summed E-state index contributed by atoms with van der Waals surface area (Å²) < 4.78 is 6.56. The Morgan fingerprint density at radius 1 is 1.07 bits per heavy atom. The third-order valence-corrected chi connectivity index (χ3v) is 6.21. The lowest BCUT2D eigenvalue weighted by Crippen LogP contribution is -2.27. The molecule has 1 fully saturated rings. The van der Waals surface area contributed by atoms with Gasteiger partial charge >= 0.3 is 0 Å². The number of para-hydroxylation sites is 1. The first-order chi connectivity index (χ1) is 14.1. The van der Waals surface area contributed by atoms with Crippen molar-refractivity contribution >= 4 is 56.7 Å². The third-order valence-electron chi connectivity index (χ3n) is 4.91. The van der Waals surface area contributed by atoms with Gasteiger partial charge in [-0.15, -0.1) is 0 Å². The minimum Gasteiger partial charge on any atom is -0.490 e. The lowest BCUT2D eigenvalue weighted by Gasteiger charge is -2.17. The number of hydrogen-bond donors (Lipinski definition) is 0. The second-order valence-electron chi connectivity index (χ2n) is 6.89. The molecule has 0 aromatic heterocycles. The monoisotopic (exact) mass is 419 g/mol. The Morgan fingerprint density at radius 2 is 1.79 bits per heavy atom. The fraction of sp³-hybridized carbons (Fsp3) is 0.167. The second kappa shape index (κ2) is 8.39. The topological polar surface area (TPSA) is 29.5 Å². The summed E-state index contributed by atoms with van der Waals surface area (Å²) >= 11 is 6.90. The van der Waals surface area contributed by atoms with Crippen molar-refractivity contribution in [1.82, 2.24) is 0 Å². The van der Waals surface area contributed by atoms with E-state index in [1.807, 2.05) is 79.7 Å². The van der Waals surface area contributed by atoms with E-state index in [4.69, 9.17) is 17.0 Å². The fourth-order valence-corrected chi connectivity index (χ4v) is 4.50. The maximum absolute atomic E-state index is 13.3. The molecule has 0 saturated carbocycles. The molecule has 1 amide bonds. The Kier molecular flexibility index (Phi) is 5.69. The number of amides is 1. The highest BCUT2D eigenvalue weighted by Gasteiger charge is 2.34. The van der Waals surface area contributed by atoms with E-state index in [1.165, 1.54) is 11.8 Å². The predicted molar refractivity (Wildman–Crippen MR) is 126 cm³/mol. The van der Waals surface area contributed by atoms with Crippen LogP contribution in [0.15, 0.2) is 71.6 Å². The molecule has 5 heteroatoms. The molecule has 0 bridgehead atoms. The summed E-state index contributed by atoms with van der Waals surface area (Å²) in [4.78, 5) is 15.5. The van der Waals surface area contributed by atoms with Gasteiger partial charge in [0.25, 0.3) is 5.91 Å².